The molecule has 0 bridgehead atoms. The molecule has 1 rings (SSSR count). The molecular formula is C9H12BrNO. The highest BCUT2D eigenvalue weighted by Crippen LogP contribution is 2.17. The van der Waals surface area contributed by atoms with Crippen molar-refractivity contribution in [2.24, 2.45) is 0 Å². The highest BCUT2D eigenvalue weighted by Gasteiger charge is 1.99. The van der Waals surface area contributed by atoms with Crippen LogP contribution >= 0.6 is 16.1 Å². The molecule has 0 aliphatic rings. The van der Waals surface area contributed by atoms with Crippen molar-refractivity contribution in [3.05, 3.63) is 29.8 Å². The van der Waals surface area contributed by atoms with Crippen LogP contribution in [0.5, 0.6) is 5.75 Å². The molecular weight excluding hydrogens is 218 g/mol. The number of methoxy groups -OCH3 is 1. The summed E-state index contributed by atoms with van der Waals surface area (Å²) in [6, 6.07) is 8.04. The Kier molecular flexibility index (Phi) is 4.11. The van der Waals surface area contributed by atoms with Crippen LogP contribution in [0.25, 0.3) is 0 Å². The summed E-state index contributed by atoms with van der Waals surface area (Å²) in [4.78, 5) is 0. The van der Waals surface area contributed by atoms with Gasteiger partial charge in [-0.1, -0.05) is 18.2 Å². The maximum Gasteiger partial charge on any atom is 0.122 e. The van der Waals surface area contributed by atoms with Crippen molar-refractivity contribution < 1.29 is 4.74 Å². The van der Waals surface area contributed by atoms with E-state index in [0.717, 1.165) is 18.7 Å². The summed E-state index contributed by atoms with van der Waals surface area (Å²) in [5, 5.41) is 0. The maximum absolute atomic E-state index is 5.20. The Morgan fingerprint density at radius 2 is 2.17 bits per heavy atom. The molecule has 0 atom stereocenters. The van der Waals surface area contributed by atoms with E-state index < -0.39 is 0 Å². The third kappa shape index (κ3) is 2.50. The average Bonchev–Trinajstić information content (AvgIpc) is 2.15. The lowest BCUT2D eigenvalue weighted by Gasteiger charge is -2.06. The van der Waals surface area contributed by atoms with E-state index in [4.69, 9.17) is 4.74 Å². The van der Waals surface area contributed by atoms with Gasteiger partial charge in [0.1, 0.15) is 5.75 Å². The molecule has 0 saturated carbocycles. The summed E-state index contributed by atoms with van der Waals surface area (Å²) in [5.74, 6) is 0.959. The minimum absolute atomic E-state index is 0.903. The summed E-state index contributed by atoms with van der Waals surface area (Å²) in [7, 11) is 1.69. The van der Waals surface area contributed by atoms with Crippen LogP contribution in [-0.4, -0.2) is 13.7 Å². The van der Waals surface area contributed by atoms with Crippen molar-refractivity contribution in [1.82, 2.24) is 4.34 Å². The molecule has 0 amide bonds. The maximum atomic E-state index is 5.20. The molecule has 0 aliphatic heterocycles. The van der Waals surface area contributed by atoms with Gasteiger partial charge in [-0.15, -0.1) is 0 Å². The van der Waals surface area contributed by atoms with Gasteiger partial charge in [0.05, 0.1) is 7.11 Å². The highest BCUT2D eigenvalue weighted by atomic mass is 79.9. The first kappa shape index (κ1) is 9.55. The number of halogens is 1. The van der Waals surface area contributed by atoms with E-state index in [-0.39, 0.29) is 0 Å². The van der Waals surface area contributed by atoms with E-state index in [2.05, 4.69) is 26.6 Å². The normalized spacial score (nSPS) is 9.83. The van der Waals surface area contributed by atoms with Crippen LogP contribution in [-0.2, 0) is 6.42 Å². The predicted octanol–water partition coefficient (Wildman–Crippen LogP) is 2.14. The SMILES string of the molecule is COc1ccccc1CCNBr. The molecule has 0 aromatic heterocycles. The monoisotopic (exact) mass is 229 g/mol. The van der Waals surface area contributed by atoms with Gasteiger partial charge < -0.3 is 4.74 Å². The highest BCUT2D eigenvalue weighted by molar-refractivity contribution is 9.08. The minimum Gasteiger partial charge on any atom is -0.496 e. The zero-order valence-electron chi connectivity index (χ0n) is 7.01. The van der Waals surface area contributed by atoms with E-state index in [0.29, 0.717) is 0 Å². The zero-order chi connectivity index (χ0) is 8.81. The Labute approximate surface area is 81.3 Å². The number of para-hydroxylation sites is 1. The Bertz CT molecular complexity index is 240. The van der Waals surface area contributed by atoms with E-state index in [1.807, 2.05) is 18.2 Å². The molecule has 0 radical (unpaired) electrons. The second kappa shape index (κ2) is 5.17. The van der Waals surface area contributed by atoms with Gasteiger partial charge in [0, 0.05) is 22.7 Å². The van der Waals surface area contributed by atoms with Gasteiger partial charge in [0.15, 0.2) is 0 Å². The van der Waals surface area contributed by atoms with Gasteiger partial charge in [-0.3, -0.25) is 4.34 Å². The molecule has 1 aromatic rings. The quantitative estimate of drug-likeness (QED) is 0.800. The van der Waals surface area contributed by atoms with Gasteiger partial charge in [0.25, 0.3) is 0 Å². The van der Waals surface area contributed by atoms with Crippen molar-refractivity contribution in [3.63, 3.8) is 0 Å². The van der Waals surface area contributed by atoms with Gasteiger partial charge >= 0.3 is 0 Å². The standard InChI is InChI=1S/C9H12BrNO/c1-12-9-5-3-2-4-8(9)6-7-11-10/h2-5,11H,6-7H2,1H3. The van der Waals surface area contributed by atoms with E-state index in [9.17, 15) is 0 Å². The Morgan fingerprint density at radius 3 is 2.83 bits per heavy atom. The van der Waals surface area contributed by atoms with Crippen LogP contribution in [0.3, 0.4) is 0 Å². The van der Waals surface area contributed by atoms with E-state index in [1.165, 1.54) is 5.56 Å². The summed E-state index contributed by atoms with van der Waals surface area (Å²) < 4.78 is 8.12. The molecule has 0 heterocycles. The van der Waals surface area contributed by atoms with Crippen molar-refractivity contribution in [1.29, 1.82) is 0 Å². The molecule has 1 aromatic carbocycles. The molecule has 0 unspecified atom stereocenters. The Balaban J connectivity index is 2.68. The second-order valence-electron chi connectivity index (χ2n) is 2.45. The molecule has 0 aliphatic carbocycles. The Hall–Kier alpha value is -0.540. The lowest BCUT2D eigenvalue weighted by atomic mass is 10.1. The fourth-order valence-electron chi connectivity index (χ4n) is 1.09. The molecule has 12 heavy (non-hydrogen) atoms. The summed E-state index contributed by atoms with van der Waals surface area (Å²) >= 11 is 3.16. The first-order valence-corrected chi connectivity index (χ1v) is 4.63. The van der Waals surface area contributed by atoms with Crippen LogP contribution in [0, 0.1) is 0 Å². The van der Waals surface area contributed by atoms with Crippen LogP contribution in [0.4, 0.5) is 0 Å². The largest absolute Gasteiger partial charge is 0.496 e. The molecule has 66 valence electrons. The summed E-state index contributed by atoms with van der Waals surface area (Å²) in [6.07, 6.45) is 0.968. The third-order valence-electron chi connectivity index (χ3n) is 1.68. The summed E-state index contributed by atoms with van der Waals surface area (Å²) in [6.45, 7) is 0.903. The van der Waals surface area contributed by atoms with Gasteiger partial charge in [-0.25, -0.2) is 0 Å². The number of ether oxygens (including phenoxy) is 1. The molecule has 1 N–H and O–H groups in total. The van der Waals surface area contributed by atoms with Crippen LogP contribution in [0.1, 0.15) is 5.56 Å². The number of rotatable bonds is 4. The fourth-order valence-corrected chi connectivity index (χ4v) is 1.29. The van der Waals surface area contributed by atoms with Gasteiger partial charge in [-0.05, 0) is 18.1 Å². The van der Waals surface area contributed by atoms with E-state index >= 15 is 0 Å². The smallest absolute Gasteiger partial charge is 0.122 e. The van der Waals surface area contributed by atoms with Crippen LogP contribution < -0.4 is 9.08 Å². The summed E-state index contributed by atoms with van der Waals surface area (Å²) in [5.41, 5.74) is 1.23. The van der Waals surface area contributed by atoms with Crippen molar-refractivity contribution in [2.45, 2.75) is 6.42 Å². The number of hydrogen-bond donors (Lipinski definition) is 1. The number of benzene rings is 1. The van der Waals surface area contributed by atoms with Crippen molar-refractivity contribution in [3.8, 4) is 5.75 Å². The van der Waals surface area contributed by atoms with Crippen molar-refractivity contribution in [2.75, 3.05) is 13.7 Å². The molecule has 0 saturated heterocycles. The lowest BCUT2D eigenvalue weighted by molar-refractivity contribution is 0.409. The molecule has 0 spiro atoms. The predicted molar refractivity (Wildman–Crippen MR) is 53.6 cm³/mol. The van der Waals surface area contributed by atoms with Crippen LogP contribution in [0.2, 0.25) is 0 Å². The average molecular weight is 230 g/mol. The first-order valence-electron chi connectivity index (χ1n) is 3.84. The topological polar surface area (TPSA) is 21.3 Å². The third-order valence-corrected chi connectivity index (χ3v) is 2.08. The molecule has 3 heteroatoms. The first-order chi connectivity index (χ1) is 5.88. The van der Waals surface area contributed by atoms with Gasteiger partial charge in [0.2, 0.25) is 0 Å². The van der Waals surface area contributed by atoms with Gasteiger partial charge in [-0.2, -0.15) is 0 Å². The van der Waals surface area contributed by atoms with Crippen LogP contribution in [0.15, 0.2) is 24.3 Å². The van der Waals surface area contributed by atoms with E-state index in [1.54, 1.807) is 7.11 Å². The second-order valence-corrected chi connectivity index (χ2v) is 3.01. The lowest BCUT2D eigenvalue weighted by Crippen LogP contribution is -2.04. The molecule has 2 nitrogen and oxygen atoms in total. The molecule has 0 fully saturated rings. The number of nitrogens with one attached hydrogen (secondary N) is 1. The minimum atomic E-state index is 0.903. The Morgan fingerprint density at radius 1 is 1.42 bits per heavy atom. The number of hydrogen-bond acceptors (Lipinski definition) is 2. The fraction of sp³-hybridized carbons (Fsp3) is 0.333. The van der Waals surface area contributed by atoms with Crippen molar-refractivity contribution >= 4 is 16.1 Å². The zero-order valence-corrected chi connectivity index (χ0v) is 8.60.